The van der Waals surface area contributed by atoms with Crippen molar-refractivity contribution in [3.05, 3.63) is 83.7 Å². The van der Waals surface area contributed by atoms with E-state index >= 15 is 0 Å². The fourth-order valence-electron chi connectivity index (χ4n) is 3.35. The van der Waals surface area contributed by atoms with Crippen molar-refractivity contribution in [2.24, 2.45) is 5.92 Å². The maximum Gasteiger partial charge on any atom is 0.255 e. The van der Waals surface area contributed by atoms with E-state index in [-0.39, 0.29) is 21.7 Å². The van der Waals surface area contributed by atoms with Gasteiger partial charge in [0.1, 0.15) is 11.6 Å². The van der Waals surface area contributed by atoms with Gasteiger partial charge in [0.15, 0.2) is 0 Å². The lowest BCUT2D eigenvalue weighted by molar-refractivity contribution is 0.101. The van der Waals surface area contributed by atoms with Crippen LogP contribution in [-0.4, -0.2) is 33.9 Å². The standard InChI is InChI=1S/C25H24FN3O5S/c1-34-23-11-10-20(14-22(23)29-25(31)17-4-2-6-19(26)12-17)28-24(30)18-5-3-7-21(13-18)35(32,33)27-15-16-8-9-16/h2-7,10-14,16,27H,8-9,15H2,1H3,(H,28,30)(H,29,31). The Labute approximate surface area is 202 Å². The molecular weight excluding hydrogens is 473 g/mol. The second kappa shape index (κ2) is 10.2. The second-order valence-corrected chi connectivity index (χ2v) is 9.92. The normalized spacial score (nSPS) is 13.2. The van der Waals surface area contributed by atoms with Crippen LogP contribution in [0.5, 0.6) is 5.75 Å². The Morgan fingerprint density at radius 2 is 1.63 bits per heavy atom. The molecule has 0 heterocycles. The summed E-state index contributed by atoms with van der Waals surface area (Å²) < 4.78 is 46.4. The predicted molar refractivity (Wildman–Crippen MR) is 130 cm³/mol. The monoisotopic (exact) mass is 497 g/mol. The quantitative estimate of drug-likeness (QED) is 0.413. The molecule has 0 aliphatic heterocycles. The number of ether oxygens (including phenoxy) is 1. The molecule has 0 aromatic heterocycles. The molecule has 0 atom stereocenters. The highest BCUT2D eigenvalue weighted by Crippen LogP contribution is 2.29. The highest BCUT2D eigenvalue weighted by atomic mass is 32.2. The third-order valence-electron chi connectivity index (χ3n) is 5.46. The van der Waals surface area contributed by atoms with Crippen LogP contribution in [0, 0.1) is 11.7 Å². The van der Waals surface area contributed by atoms with Gasteiger partial charge in [0.05, 0.1) is 17.7 Å². The van der Waals surface area contributed by atoms with Gasteiger partial charge in [-0.25, -0.2) is 17.5 Å². The van der Waals surface area contributed by atoms with Gasteiger partial charge in [0.25, 0.3) is 11.8 Å². The Hall–Kier alpha value is -3.76. The van der Waals surface area contributed by atoms with E-state index in [9.17, 15) is 22.4 Å². The number of sulfonamides is 1. The average Bonchev–Trinajstić information content (AvgIpc) is 3.68. The SMILES string of the molecule is COc1ccc(NC(=O)c2cccc(S(=O)(=O)NCC3CC3)c2)cc1NC(=O)c1cccc(F)c1. The number of rotatable bonds is 9. The van der Waals surface area contributed by atoms with Crippen molar-refractivity contribution in [2.45, 2.75) is 17.7 Å². The van der Waals surface area contributed by atoms with Crippen molar-refractivity contribution in [1.29, 1.82) is 0 Å². The Balaban J connectivity index is 1.50. The summed E-state index contributed by atoms with van der Waals surface area (Å²) in [5.41, 5.74) is 0.876. The summed E-state index contributed by atoms with van der Waals surface area (Å²) in [5, 5.41) is 5.34. The lowest BCUT2D eigenvalue weighted by atomic mass is 10.2. The van der Waals surface area contributed by atoms with Gasteiger partial charge in [-0.2, -0.15) is 0 Å². The zero-order chi connectivity index (χ0) is 25.0. The van der Waals surface area contributed by atoms with Crippen LogP contribution in [0.3, 0.4) is 0 Å². The maximum atomic E-state index is 13.5. The van der Waals surface area contributed by atoms with Gasteiger partial charge in [-0.05, 0) is 73.4 Å². The maximum absolute atomic E-state index is 13.5. The molecular formula is C25H24FN3O5S. The number of carbonyl (C=O) groups excluding carboxylic acids is 2. The zero-order valence-electron chi connectivity index (χ0n) is 18.9. The number of methoxy groups -OCH3 is 1. The zero-order valence-corrected chi connectivity index (χ0v) is 19.7. The van der Waals surface area contributed by atoms with E-state index in [1.807, 2.05) is 0 Å². The Kier molecular flexibility index (Phi) is 7.13. The molecule has 182 valence electrons. The first-order chi connectivity index (χ1) is 16.7. The molecule has 35 heavy (non-hydrogen) atoms. The number of nitrogens with one attached hydrogen (secondary N) is 3. The Morgan fingerprint density at radius 3 is 2.31 bits per heavy atom. The molecule has 0 bridgehead atoms. The predicted octanol–water partition coefficient (Wildman–Crippen LogP) is 4.03. The van der Waals surface area contributed by atoms with Crippen LogP contribution in [0.1, 0.15) is 33.6 Å². The van der Waals surface area contributed by atoms with Crippen LogP contribution in [0.15, 0.2) is 71.6 Å². The first kappa shape index (κ1) is 24.4. The topological polar surface area (TPSA) is 114 Å². The Morgan fingerprint density at radius 1 is 0.943 bits per heavy atom. The molecule has 1 saturated carbocycles. The number of carbonyl (C=O) groups is 2. The van der Waals surface area contributed by atoms with E-state index in [2.05, 4.69) is 15.4 Å². The van der Waals surface area contributed by atoms with Crippen molar-refractivity contribution in [3.63, 3.8) is 0 Å². The molecule has 4 rings (SSSR count). The molecule has 0 saturated heterocycles. The minimum atomic E-state index is -3.72. The molecule has 3 N–H and O–H groups in total. The van der Waals surface area contributed by atoms with Crippen molar-refractivity contribution >= 4 is 33.2 Å². The first-order valence-corrected chi connectivity index (χ1v) is 12.4. The smallest absolute Gasteiger partial charge is 0.255 e. The van der Waals surface area contributed by atoms with Gasteiger partial charge in [-0.3, -0.25) is 9.59 Å². The van der Waals surface area contributed by atoms with Gasteiger partial charge in [-0.15, -0.1) is 0 Å². The van der Waals surface area contributed by atoms with Gasteiger partial charge < -0.3 is 15.4 Å². The van der Waals surface area contributed by atoms with Gasteiger partial charge in [0.2, 0.25) is 10.0 Å². The fourth-order valence-corrected chi connectivity index (χ4v) is 4.51. The van der Waals surface area contributed by atoms with Crippen LogP contribution >= 0.6 is 0 Å². The van der Waals surface area contributed by atoms with Crippen LogP contribution in [0.4, 0.5) is 15.8 Å². The van der Waals surface area contributed by atoms with E-state index in [0.717, 1.165) is 18.9 Å². The Bertz CT molecular complexity index is 1370. The number of benzene rings is 3. The molecule has 1 aliphatic rings. The summed E-state index contributed by atoms with van der Waals surface area (Å²) in [6, 6.07) is 15.6. The summed E-state index contributed by atoms with van der Waals surface area (Å²) in [7, 11) is -2.30. The number of hydrogen-bond acceptors (Lipinski definition) is 5. The lowest BCUT2D eigenvalue weighted by Gasteiger charge is -2.13. The van der Waals surface area contributed by atoms with Crippen molar-refractivity contribution in [1.82, 2.24) is 4.72 Å². The highest BCUT2D eigenvalue weighted by Gasteiger charge is 2.24. The molecule has 0 radical (unpaired) electrons. The van der Waals surface area contributed by atoms with E-state index in [1.54, 1.807) is 12.1 Å². The van der Waals surface area contributed by atoms with Gasteiger partial charge in [-0.1, -0.05) is 12.1 Å². The minimum absolute atomic E-state index is 0.00331. The number of halogens is 1. The van der Waals surface area contributed by atoms with E-state index in [1.165, 1.54) is 55.6 Å². The highest BCUT2D eigenvalue weighted by molar-refractivity contribution is 7.89. The molecule has 0 unspecified atom stereocenters. The van der Waals surface area contributed by atoms with E-state index in [4.69, 9.17) is 4.74 Å². The molecule has 8 nitrogen and oxygen atoms in total. The van der Waals surface area contributed by atoms with Crippen molar-refractivity contribution < 1.29 is 27.1 Å². The van der Waals surface area contributed by atoms with Crippen molar-refractivity contribution in [3.8, 4) is 5.75 Å². The second-order valence-electron chi connectivity index (χ2n) is 8.16. The van der Waals surface area contributed by atoms with E-state index in [0.29, 0.717) is 23.9 Å². The third-order valence-corrected chi connectivity index (χ3v) is 6.88. The average molecular weight is 498 g/mol. The number of anilines is 2. The summed E-state index contributed by atoms with van der Waals surface area (Å²) in [6.07, 6.45) is 2.02. The lowest BCUT2D eigenvalue weighted by Crippen LogP contribution is -2.26. The summed E-state index contributed by atoms with van der Waals surface area (Å²) >= 11 is 0. The summed E-state index contributed by atoms with van der Waals surface area (Å²) in [4.78, 5) is 25.4. The van der Waals surface area contributed by atoms with Gasteiger partial charge in [0, 0.05) is 23.4 Å². The van der Waals surface area contributed by atoms with Crippen LogP contribution < -0.4 is 20.1 Å². The van der Waals surface area contributed by atoms with Crippen molar-refractivity contribution in [2.75, 3.05) is 24.3 Å². The minimum Gasteiger partial charge on any atom is -0.495 e. The molecule has 3 aromatic carbocycles. The summed E-state index contributed by atoms with van der Waals surface area (Å²) in [6.45, 7) is 0.384. The van der Waals surface area contributed by atoms with Crippen LogP contribution in [0.25, 0.3) is 0 Å². The molecule has 3 aromatic rings. The fraction of sp³-hybridized carbons (Fsp3) is 0.200. The van der Waals surface area contributed by atoms with Gasteiger partial charge >= 0.3 is 0 Å². The molecule has 2 amide bonds. The van der Waals surface area contributed by atoms with Crippen LogP contribution in [-0.2, 0) is 10.0 Å². The number of amides is 2. The summed E-state index contributed by atoms with van der Waals surface area (Å²) in [5.74, 6) is -0.915. The molecule has 1 fully saturated rings. The number of hydrogen-bond donors (Lipinski definition) is 3. The third kappa shape index (κ3) is 6.23. The molecule has 0 spiro atoms. The van der Waals surface area contributed by atoms with E-state index < -0.39 is 27.7 Å². The molecule has 1 aliphatic carbocycles. The largest absolute Gasteiger partial charge is 0.495 e. The first-order valence-electron chi connectivity index (χ1n) is 10.9. The van der Waals surface area contributed by atoms with Crippen LogP contribution in [0.2, 0.25) is 0 Å². The molecule has 10 heteroatoms.